The van der Waals surface area contributed by atoms with Crippen LogP contribution in [0, 0.1) is 0 Å². The van der Waals surface area contributed by atoms with Crippen LogP contribution in [-0.4, -0.2) is 36.2 Å². The maximum atomic E-state index is 12.8. The van der Waals surface area contributed by atoms with Gasteiger partial charge < -0.3 is 5.32 Å². The highest BCUT2D eigenvalue weighted by Crippen LogP contribution is 2.19. The first-order valence-electron chi connectivity index (χ1n) is 7.21. The van der Waals surface area contributed by atoms with Crippen molar-refractivity contribution in [3.8, 4) is 0 Å². The van der Waals surface area contributed by atoms with Gasteiger partial charge >= 0.3 is 0 Å². The molecule has 0 spiro atoms. The minimum atomic E-state index is -3.73. The molecule has 1 N–H and O–H groups in total. The summed E-state index contributed by atoms with van der Waals surface area (Å²) in [4.78, 5) is 16.3. The molecule has 0 radical (unpaired) electrons. The Morgan fingerprint density at radius 3 is 2.61 bits per heavy atom. The minimum Gasteiger partial charge on any atom is -0.301 e. The van der Waals surface area contributed by atoms with Crippen LogP contribution in [0.1, 0.15) is 20.3 Å². The number of nitrogens with zero attached hydrogens (tertiary/aromatic N) is 2. The molecule has 1 aromatic carbocycles. The molecule has 0 aliphatic rings. The summed E-state index contributed by atoms with van der Waals surface area (Å²) >= 11 is 1.29. The average molecular weight is 353 g/mol. The second-order valence-corrected chi connectivity index (χ2v) is 7.79. The molecule has 23 heavy (non-hydrogen) atoms. The van der Waals surface area contributed by atoms with E-state index in [0.717, 1.165) is 0 Å². The van der Waals surface area contributed by atoms with Crippen LogP contribution in [-0.2, 0) is 14.8 Å². The molecule has 6 nitrogen and oxygen atoms in total. The molecular weight excluding hydrogens is 334 g/mol. The van der Waals surface area contributed by atoms with E-state index in [1.54, 1.807) is 36.7 Å². The molecule has 1 unspecified atom stereocenters. The Balaban J connectivity index is 2.22. The number of hydrogen-bond donors (Lipinski definition) is 1. The molecule has 0 saturated carbocycles. The molecule has 0 fully saturated rings. The summed E-state index contributed by atoms with van der Waals surface area (Å²) in [7, 11) is -3.73. The van der Waals surface area contributed by atoms with E-state index < -0.39 is 15.9 Å². The molecule has 8 heteroatoms. The SMILES string of the molecule is CCC(C)N(CC(=O)Nc1nccs1)S(=O)(=O)c1ccccc1. The summed E-state index contributed by atoms with van der Waals surface area (Å²) in [5.41, 5.74) is 0. The van der Waals surface area contributed by atoms with Crippen LogP contribution >= 0.6 is 11.3 Å². The van der Waals surface area contributed by atoms with E-state index in [1.165, 1.54) is 27.8 Å². The third-order valence-electron chi connectivity index (χ3n) is 3.41. The van der Waals surface area contributed by atoms with Crippen molar-refractivity contribution >= 4 is 32.4 Å². The quantitative estimate of drug-likeness (QED) is 0.830. The summed E-state index contributed by atoms with van der Waals surface area (Å²) < 4.78 is 26.8. The summed E-state index contributed by atoms with van der Waals surface area (Å²) in [6.45, 7) is 3.43. The Morgan fingerprint density at radius 1 is 1.35 bits per heavy atom. The zero-order chi connectivity index (χ0) is 16.9. The van der Waals surface area contributed by atoms with Crippen molar-refractivity contribution in [2.24, 2.45) is 0 Å². The van der Waals surface area contributed by atoms with Crippen molar-refractivity contribution in [2.45, 2.75) is 31.2 Å². The number of carbonyl (C=O) groups is 1. The normalized spacial score (nSPS) is 13.0. The molecule has 1 aromatic heterocycles. The minimum absolute atomic E-state index is 0.183. The van der Waals surface area contributed by atoms with Gasteiger partial charge in [0.1, 0.15) is 0 Å². The Bertz CT molecular complexity index is 731. The second-order valence-electron chi connectivity index (χ2n) is 5.01. The van der Waals surface area contributed by atoms with Gasteiger partial charge in [-0.15, -0.1) is 11.3 Å². The summed E-state index contributed by atoms with van der Waals surface area (Å²) in [5, 5.41) is 4.81. The molecule has 1 atom stereocenters. The van der Waals surface area contributed by atoms with Gasteiger partial charge in [-0.05, 0) is 25.5 Å². The number of benzene rings is 1. The second kappa shape index (κ2) is 7.67. The summed E-state index contributed by atoms with van der Waals surface area (Å²) in [5.74, 6) is -0.403. The predicted octanol–water partition coefficient (Wildman–Crippen LogP) is 2.57. The third-order valence-corrected chi connectivity index (χ3v) is 6.07. The first kappa shape index (κ1) is 17.6. The summed E-state index contributed by atoms with van der Waals surface area (Å²) in [6.07, 6.45) is 2.18. The number of thiazole rings is 1. The number of rotatable bonds is 7. The highest BCUT2D eigenvalue weighted by molar-refractivity contribution is 7.89. The molecule has 2 rings (SSSR count). The lowest BCUT2D eigenvalue weighted by molar-refractivity contribution is -0.116. The fourth-order valence-electron chi connectivity index (χ4n) is 1.99. The lowest BCUT2D eigenvalue weighted by atomic mass is 10.2. The lowest BCUT2D eigenvalue weighted by Gasteiger charge is -2.27. The fourth-order valence-corrected chi connectivity index (χ4v) is 4.22. The highest BCUT2D eigenvalue weighted by Gasteiger charge is 2.30. The lowest BCUT2D eigenvalue weighted by Crippen LogP contribution is -2.43. The van der Waals surface area contributed by atoms with Crippen LogP contribution in [0.5, 0.6) is 0 Å². The number of nitrogens with one attached hydrogen (secondary N) is 1. The Kier molecular flexibility index (Phi) is 5.86. The van der Waals surface area contributed by atoms with Crippen molar-refractivity contribution in [3.63, 3.8) is 0 Å². The molecule has 0 aliphatic carbocycles. The molecule has 1 heterocycles. The van der Waals surface area contributed by atoms with E-state index in [9.17, 15) is 13.2 Å². The number of carbonyl (C=O) groups excluding carboxylic acids is 1. The predicted molar refractivity (Wildman–Crippen MR) is 90.8 cm³/mol. The maximum absolute atomic E-state index is 12.8. The van der Waals surface area contributed by atoms with Crippen molar-refractivity contribution in [3.05, 3.63) is 41.9 Å². The van der Waals surface area contributed by atoms with E-state index in [2.05, 4.69) is 10.3 Å². The van der Waals surface area contributed by atoms with E-state index >= 15 is 0 Å². The number of aromatic nitrogens is 1. The first-order valence-corrected chi connectivity index (χ1v) is 9.53. The Hall–Kier alpha value is -1.77. The zero-order valence-corrected chi connectivity index (χ0v) is 14.6. The molecular formula is C15H19N3O3S2. The fraction of sp³-hybridized carbons (Fsp3) is 0.333. The van der Waals surface area contributed by atoms with Crippen LogP contribution in [0.25, 0.3) is 0 Å². The van der Waals surface area contributed by atoms with Crippen LogP contribution in [0.15, 0.2) is 46.8 Å². The van der Waals surface area contributed by atoms with Gasteiger partial charge in [0.05, 0.1) is 11.4 Å². The third kappa shape index (κ3) is 4.37. The molecule has 0 aliphatic heterocycles. The van der Waals surface area contributed by atoms with Gasteiger partial charge in [-0.3, -0.25) is 4.79 Å². The van der Waals surface area contributed by atoms with Gasteiger partial charge in [-0.2, -0.15) is 4.31 Å². The average Bonchev–Trinajstić information content (AvgIpc) is 3.05. The Labute approximate surface area is 140 Å². The van der Waals surface area contributed by atoms with Gasteiger partial charge in [0, 0.05) is 17.6 Å². The van der Waals surface area contributed by atoms with E-state index in [1.807, 2.05) is 6.92 Å². The zero-order valence-electron chi connectivity index (χ0n) is 13.0. The number of sulfonamides is 1. The van der Waals surface area contributed by atoms with Gasteiger partial charge in [-0.1, -0.05) is 25.1 Å². The number of amides is 1. The molecule has 124 valence electrons. The standard InChI is InChI=1S/C15H19N3O3S2/c1-3-12(2)18(11-14(19)17-15-16-9-10-22-15)23(20,21)13-7-5-4-6-8-13/h4-10,12H,3,11H2,1-2H3,(H,16,17,19). The summed E-state index contributed by atoms with van der Waals surface area (Å²) in [6, 6.07) is 7.85. The van der Waals surface area contributed by atoms with Gasteiger partial charge in [0.2, 0.25) is 15.9 Å². The number of anilines is 1. The van der Waals surface area contributed by atoms with Gasteiger partial charge in [0.25, 0.3) is 0 Å². The van der Waals surface area contributed by atoms with Crippen LogP contribution in [0.3, 0.4) is 0 Å². The molecule has 0 saturated heterocycles. The first-order chi connectivity index (χ1) is 10.9. The smallest absolute Gasteiger partial charge is 0.243 e. The van der Waals surface area contributed by atoms with Gasteiger partial charge in [-0.25, -0.2) is 13.4 Å². The maximum Gasteiger partial charge on any atom is 0.243 e. The van der Waals surface area contributed by atoms with E-state index in [4.69, 9.17) is 0 Å². The van der Waals surface area contributed by atoms with Crippen molar-refractivity contribution in [1.29, 1.82) is 0 Å². The van der Waals surface area contributed by atoms with E-state index in [-0.39, 0.29) is 17.5 Å². The molecule has 0 bridgehead atoms. The van der Waals surface area contributed by atoms with E-state index in [0.29, 0.717) is 11.6 Å². The number of hydrogen-bond acceptors (Lipinski definition) is 5. The van der Waals surface area contributed by atoms with Crippen molar-refractivity contribution < 1.29 is 13.2 Å². The van der Waals surface area contributed by atoms with Crippen molar-refractivity contribution in [1.82, 2.24) is 9.29 Å². The largest absolute Gasteiger partial charge is 0.301 e. The Morgan fingerprint density at radius 2 is 2.04 bits per heavy atom. The van der Waals surface area contributed by atoms with Crippen molar-refractivity contribution in [2.75, 3.05) is 11.9 Å². The monoisotopic (exact) mass is 353 g/mol. The van der Waals surface area contributed by atoms with Crippen LogP contribution in [0.2, 0.25) is 0 Å². The topological polar surface area (TPSA) is 79.4 Å². The van der Waals surface area contributed by atoms with Crippen LogP contribution < -0.4 is 5.32 Å². The molecule has 2 aromatic rings. The molecule has 1 amide bonds. The highest BCUT2D eigenvalue weighted by atomic mass is 32.2. The van der Waals surface area contributed by atoms with Crippen LogP contribution in [0.4, 0.5) is 5.13 Å². The van der Waals surface area contributed by atoms with Gasteiger partial charge in [0.15, 0.2) is 5.13 Å².